The first-order valence-corrected chi connectivity index (χ1v) is 5.04. The van der Waals surface area contributed by atoms with Crippen LogP contribution in [0.15, 0.2) is 24.3 Å². The van der Waals surface area contributed by atoms with E-state index in [2.05, 4.69) is 5.48 Å². The molecule has 0 amide bonds. The van der Waals surface area contributed by atoms with Crippen LogP contribution >= 0.6 is 11.6 Å². The summed E-state index contributed by atoms with van der Waals surface area (Å²) >= 11 is 5.78. The van der Waals surface area contributed by atoms with E-state index in [0.717, 1.165) is 5.56 Å². The average molecular weight is 228 g/mol. The minimum absolute atomic E-state index is 0.0990. The summed E-state index contributed by atoms with van der Waals surface area (Å²) in [6.45, 7) is 2.03. The number of ketones is 1. The van der Waals surface area contributed by atoms with Crippen LogP contribution in [0.5, 0.6) is 0 Å². The van der Waals surface area contributed by atoms with E-state index in [1.165, 1.54) is 7.11 Å². The largest absolute Gasteiger partial charge is 0.305 e. The highest BCUT2D eigenvalue weighted by Crippen LogP contribution is 2.18. The maximum Gasteiger partial charge on any atom is 0.138 e. The maximum atomic E-state index is 11.4. The fourth-order valence-electron chi connectivity index (χ4n) is 1.36. The van der Waals surface area contributed by atoms with Gasteiger partial charge in [0.25, 0.3) is 0 Å². The monoisotopic (exact) mass is 227 g/mol. The highest BCUT2D eigenvalue weighted by atomic mass is 35.5. The molecule has 3 nitrogen and oxygen atoms in total. The number of benzene rings is 1. The Hall–Kier alpha value is -0.900. The molecule has 0 aliphatic rings. The van der Waals surface area contributed by atoms with Gasteiger partial charge >= 0.3 is 0 Å². The number of carbonyl (C=O) groups is 1. The number of rotatable bonds is 5. The van der Waals surface area contributed by atoms with Crippen molar-refractivity contribution in [2.45, 2.75) is 12.8 Å². The molecule has 15 heavy (non-hydrogen) atoms. The third-order valence-corrected chi connectivity index (χ3v) is 2.45. The predicted octanol–water partition coefficient (Wildman–Crippen LogP) is 2.16. The molecule has 0 heterocycles. The first-order chi connectivity index (χ1) is 7.15. The molecule has 1 N–H and O–H groups in total. The van der Waals surface area contributed by atoms with Crippen molar-refractivity contribution in [1.29, 1.82) is 0 Å². The lowest BCUT2D eigenvalue weighted by Gasteiger charge is -2.14. The molecule has 0 unspecified atom stereocenters. The standard InChI is InChI=1S/C11H14ClNO2/c1-8(14)11(7-13-15-2)9-3-5-10(12)6-4-9/h3-6,11,13H,7H2,1-2H3/t11-/m0/s1. The maximum absolute atomic E-state index is 11.4. The number of hydrogen-bond donors (Lipinski definition) is 1. The molecule has 0 aromatic heterocycles. The van der Waals surface area contributed by atoms with Gasteiger partial charge in [-0.1, -0.05) is 23.7 Å². The fraction of sp³-hybridized carbons (Fsp3) is 0.364. The van der Waals surface area contributed by atoms with E-state index in [9.17, 15) is 4.79 Å². The quantitative estimate of drug-likeness (QED) is 0.784. The molecule has 1 aromatic carbocycles. The van der Waals surface area contributed by atoms with Crippen molar-refractivity contribution in [3.8, 4) is 0 Å². The summed E-state index contributed by atoms with van der Waals surface area (Å²) in [5.74, 6) is -0.0934. The number of carbonyl (C=O) groups excluding carboxylic acids is 1. The van der Waals surface area contributed by atoms with Crippen LogP contribution in [0.25, 0.3) is 0 Å². The SMILES string of the molecule is CONC[C@@H](C(C)=O)c1ccc(Cl)cc1. The Morgan fingerprint density at radius 3 is 2.53 bits per heavy atom. The highest BCUT2D eigenvalue weighted by molar-refractivity contribution is 6.30. The molecule has 0 aliphatic carbocycles. The molecule has 0 fully saturated rings. The Morgan fingerprint density at radius 1 is 1.47 bits per heavy atom. The average Bonchev–Trinajstić information content (AvgIpc) is 2.21. The minimum Gasteiger partial charge on any atom is -0.305 e. The van der Waals surface area contributed by atoms with Crippen LogP contribution in [0.2, 0.25) is 5.02 Å². The van der Waals surface area contributed by atoms with Crippen molar-refractivity contribution < 1.29 is 9.63 Å². The van der Waals surface area contributed by atoms with Crippen LogP contribution in [-0.4, -0.2) is 19.4 Å². The van der Waals surface area contributed by atoms with E-state index in [-0.39, 0.29) is 11.7 Å². The summed E-state index contributed by atoms with van der Waals surface area (Å²) in [7, 11) is 1.53. The highest BCUT2D eigenvalue weighted by Gasteiger charge is 2.15. The molecule has 0 aliphatic heterocycles. The van der Waals surface area contributed by atoms with Gasteiger partial charge in [-0.25, -0.2) is 5.48 Å². The van der Waals surface area contributed by atoms with E-state index in [1.807, 2.05) is 12.1 Å². The van der Waals surface area contributed by atoms with Crippen LogP contribution in [0.3, 0.4) is 0 Å². The normalized spacial score (nSPS) is 12.5. The number of hydrogen-bond acceptors (Lipinski definition) is 3. The third kappa shape index (κ3) is 3.63. The van der Waals surface area contributed by atoms with Crippen molar-refractivity contribution in [2.75, 3.05) is 13.7 Å². The van der Waals surface area contributed by atoms with Crippen LogP contribution < -0.4 is 5.48 Å². The molecule has 0 saturated carbocycles. The summed E-state index contributed by atoms with van der Waals surface area (Å²) in [5, 5.41) is 0.667. The Labute approximate surface area is 94.3 Å². The Bertz CT molecular complexity index is 324. The van der Waals surface area contributed by atoms with Gasteiger partial charge in [-0.3, -0.25) is 4.79 Å². The molecule has 0 spiro atoms. The molecule has 1 aromatic rings. The van der Waals surface area contributed by atoms with Gasteiger partial charge < -0.3 is 4.84 Å². The lowest BCUT2D eigenvalue weighted by atomic mass is 9.96. The summed E-state index contributed by atoms with van der Waals surface area (Å²) in [6, 6.07) is 7.26. The first-order valence-electron chi connectivity index (χ1n) is 4.67. The lowest BCUT2D eigenvalue weighted by Crippen LogP contribution is -2.24. The predicted molar refractivity (Wildman–Crippen MR) is 59.9 cm³/mol. The summed E-state index contributed by atoms with van der Waals surface area (Å²) in [4.78, 5) is 16.1. The minimum atomic E-state index is -0.192. The fourth-order valence-corrected chi connectivity index (χ4v) is 1.48. The van der Waals surface area contributed by atoms with E-state index in [0.29, 0.717) is 11.6 Å². The Balaban J connectivity index is 2.79. The van der Waals surface area contributed by atoms with Crippen LogP contribution in [0.4, 0.5) is 0 Å². The smallest absolute Gasteiger partial charge is 0.138 e. The second-order valence-corrected chi connectivity index (χ2v) is 3.70. The van der Waals surface area contributed by atoms with Crippen LogP contribution in [0, 0.1) is 0 Å². The van der Waals surface area contributed by atoms with E-state index in [1.54, 1.807) is 19.1 Å². The van der Waals surface area contributed by atoms with Gasteiger partial charge in [0.05, 0.1) is 13.0 Å². The summed E-state index contributed by atoms with van der Waals surface area (Å²) in [5.41, 5.74) is 3.63. The van der Waals surface area contributed by atoms with Crippen molar-refractivity contribution in [1.82, 2.24) is 5.48 Å². The lowest BCUT2D eigenvalue weighted by molar-refractivity contribution is -0.118. The van der Waals surface area contributed by atoms with Gasteiger partial charge in [0.15, 0.2) is 0 Å². The van der Waals surface area contributed by atoms with Gasteiger partial charge in [0.1, 0.15) is 5.78 Å². The van der Waals surface area contributed by atoms with Crippen LogP contribution in [-0.2, 0) is 9.63 Å². The zero-order chi connectivity index (χ0) is 11.3. The van der Waals surface area contributed by atoms with Crippen molar-refractivity contribution >= 4 is 17.4 Å². The molecule has 1 atom stereocenters. The molecular weight excluding hydrogens is 214 g/mol. The first kappa shape index (κ1) is 12.2. The van der Waals surface area contributed by atoms with Crippen LogP contribution in [0.1, 0.15) is 18.4 Å². The van der Waals surface area contributed by atoms with Gasteiger partial charge in [-0.2, -0.15) is 0 Å². The van der Waals surface area contributed by atoms with Crippen molar-refractivity contribution in [3.05, 3.63) is 34.9 Å². The number of hydroxylamine groups is 1. The van der Waals surface area contributed by atoms with Gasteiger partial charge in [0, 0.05) is 11.6 Å². The van der Waals surface area contributed by atoms with Gasteiger partial charge in [-0.15, -0.1) is 0 Å². The third-order valence-electron chi connectivity index (χ3n) is 2.19. The summed E-state index contributed by atoms with van der Waals surface area (Å²) in [6.07, 6.45) is 0. The molecule has 0 radical (unpaired) electrons. The molecular formula is C11H14ClNO2. The van der Waals surface area contributed by atoms with E-state index in [4.69, 9.17) is 16.4 Å². The van der Waals surface area contributed by atoms with Crippen molar-refractivity contribution in [3.63, 3.8) is 0 Å². The zero-order valence-corrected chi connectivity index (χ0v) is 9.54. The molecule has 0 saturated heterocycles. The second kappa shape index (κ2) is 5.85. The molecule has 1 rings (SSSR count). The summed E-state index contributed by atoms with van der Waals surface area (Å²) < 4.78 is 0. The van der Waals surface area contributed by atoms with E-state index >= 15 is 0 Å². The number of Topliss-reactive ketones (excluding diaryl/α,β-unsaturated/α-hetero) is 1. The zero-order valence-electron chi connectivity index (χ0n) is 8.79. The number of nitrogens with one attached hydrogen (secondary N) is 1. The Morgan fingerprint density at radius 2 is 2.07 bits per heavy atom. The van der Waals surface area contributed by atoms with Gasteiger partial charge in [0.2, 0.25) is 0 Å². The van der Waals surface area contributed by atoms with Crippen molar-refractivity contribution in [2.24, 2.45) is 0 Å². The van der Waals surface area contributed by atoms with E-state index < -0.39 is 0 Å². The molecule has 4 heteroatoms. The molecule has 0 bridgehead atoms. The topological polar surface area (TPSA) is 38.3 Å². The second-order valence-electron chi connectivity index (χ2n) is 3.27. The Kier molecular flexibility index (Phi) is 4.75. The molecule has 82 valence electrons. The number of halogens is 1. The van der Waals surface area contributed by atoms with Gasteiger partial charge in [-0.05, 0) is 24.6 Å².